The standard InChI is InChI=1S/C25H30F2N4O3/c1-4-34-20-11-22-30-23-16(14(2)15-8-9-33-13-15)10-19(23)31(22)12-18(20)29-24(32)17-6-5-7-21(28-17)25(3,26)27/h5-7,11-12,14-16,19,23H,4,8-10,13H2,1-3H3,(H,29,32)/t14-,15+,16?,19?,23?/m1/s1. The number of fused-ring (bicyclic) bond motifs is 3. The van der Waals surface area contributed by atoms with Gasteiger partial charge in [-0.2, -0.15) is 8.78 Å². The molecule has 4 heterocycles. The highest BCUT2D eigenvalue weighted by molar-refractivity contribution is 5.99. The van der Waals surface area contributed by atoms with Gasteiger partial charge in [0.25, 0.3) is 11.8 Å². The predicted octanol–water partition coefficient (Wildman–Crippen LogP) is 3.84. The number of amidine groups is 1. The summed E-state index contributed by atoms with van der Waals surface area (Å²) in [7, 11) is 0. The van der Waals surface area contributed by atoms with Crippen LogP contribution < -0.4 is 5.32 Å². The van der Waals surface area contributed by atoms with Crippen molar-refractivity contribution in [1.29, 1.82) is 0 Å². The Hall–Kier alpha value is -2.81. The molecule has 3 unspecified atom stereocenters. The van der Waals surface area contributed by atoms with Gasteiger partial charge in [0.15, 0.2) is 0 Å². The summed E-state index contributed by atoms with van der Waals surface area (Å²) in [6.45, 7) is 7.02. The largest absolute Gasteiger partial charge is 0.491 e. The van der Waals surface area contributed by atoms with Crippen molar-refractivity contribution in [2.24, 2.45) is 22.7 Å². The number of halogens is 2. The van der Waals surface area contributed by atoms with Crippen molar-refractivity contribution in [3.05, 3.63) is 53.3 Å². The van der Waals surface area contributed by atoms with E-state index < -0.39 is 17.5 Å². The lowest BCUT2D eigenvalue weighted by molar-refractivity contribution is 0.0126. The number of amides is 1. The van der Waals surface area contributed by atoms with E-state index in [0.29, 0.717) is 35.8 Å². The fraction of sp³-hybridized carbons (Fsp3) is 0.560. The Bertz CT molecular complexity index is 1060. The molecule has 2 fully saturated rings. The van der Waals surface area contributed by atoms with Crippen molar-refractivity contribution in [2.45, 2.75) is 51.6 Å². The van der Waals surface area contributed by atoms with Crippen LogP contribution in [-0.2, 0) is 15.4 Å². The molecule has 9 heteroatoms. The highest BCUT2D eigenvalue weighted by Gasteiger charge is 2.52. The molecule has 4 aliphatic rings. The average molecular weight is 473 g/mol. The molecule has 1 aromatic heterocycles. The van der Waals surface area contributed by atoms with Gasteiger partial charge < -0.3 is 19.7 Å². The third-order valence-corrected chi connectivity index (χ3v) is 7.41. The molecule has 1 N–H and O–H groups in total. The molecule has 3 aliphatic heterocycles. The summed E-state index contributed by atoms with van der Waals surface area (Å²) < 4.78 is 38.7. The van der Waals surface area contributed by atoms with Gasteiger partial charge in [0.05, 0.1) is 18.7 Å². The third-order valence-electron chi connectivity index (χ3n) is 7.41. The maximum absolute atomic E-state index is 13.7. The van der Waals surface area contributed by atoms with E-state index in [1.165, 1.54) is 18.2 Å². The summed E-state index contributed by atoms with van der Waals surface area (Å²) in [5, 5.41) is 2.81. The number of aliphatic imine (C=N–C) groups is 1. The second kappa shape index (κ2) is 8.76. The van der Waals surface area contributed by atoms with Crippen LogP contribution in [0.15, 0.2) is 46.9 Å². The highest BCUT2D eigenvalue weighted by atomic mass is 19.3. The Morgan fingerprint density at radius 3 is 2.94 bits per heavy atom. The molecule has 182 valence electrons. The molecular weight excluding hydrogens is 442 g/mol. The van der Waals surface area contributed by atoms with Crippen molar-refractivity contribution in [1.82, 2.24) is 15.2 Å². The van der Waals surface area contributed by atoms with Gasteiger partial charge in [0.2, 0.25) is 0 Å². The number of aromatic nitrogens is 1. The summed E-state index contributed by atoms with van der Waals surface area (Å²) in [6.07, 6.45) is 5.84. The zero-order valence-corrected chi connectivity index (χ0v) is 19.6. The number of rotatable bonds is 7. The topological polar surface area (TPSA) is 76.1 Å². The van der Waals surface area contributed by atoms with E-state index in [1.807, 2.05) is 19.2 Å². The second-order valence-corrected chi connectivity index (χ2v) is 9.57. The third kappa shape index (κ3) is 4.10. The van der Waals surface area contributed by atoms with Crippen LogP contribution in [0.4, 0.5) is 8.78 Å². The first-order valence-corrected chi connectivity index (χ1v) is 11.9. The number of carbonyl (C=O) groups excluding carboxylic acids is 1. The number of nitrogens with zero attached hydrogens (tertiary/aromatic N) is 3. The molecule has 1 aromatic rings. The minimum Gasteiger partial charge on any atom is -0.491 e. The van der Waals surface area contributed by atoms with Crippen LogP contribution in [0.3, 0.4) is 0 Å². The van der Waals surface area contributed by atoms with Crippen molar-refractivity contribution < 1.29 is 23.0 Å². The molecule has 1 saturated heterocycles. The van der Waals surface area contributed by atoms with Gasteiger partial charge in [0, 0.05) is 32.4 Å². The summed E-state index contributed by atoms with van der Waals surface area (Å²) >= 11 is 0. The lowest BCUT2D eigenvalue weighted by Gasteiger charge is -2.46. The van der Waals surface area contributed by atoms with E-state index in [-0.39, 0.29) is 17.8 Å². The quantitative estimate of drug-likeness (QED) is 0.653. The zero-order chi connectivity index (χ0) is 24.0. The number of ether oxygens (including phenoxy) is 2. The van der Waals surface area contributed by atoms with Crippen molar-refractivity contribution in [3.63, 3.8) is 0 Å². The maximum atomic E-state index is 13.7. The minimum absolute atomic E-state index is 0.0779. The molecule has 5 rings (SSSR count). The molecule has 7 nitrogen and oxygen atoms in total. The normalized spacial score (nSPS) is 28.7. The summed E-state index contributed by atoms with van der Waals surface area (Å²) in [4.78, 5) is 23.8. The maximum Gasteiger partial charge on any atom is 0.287 e. The Kier molecular flexibility index (Phi) is 5.91. The summed E-state index contributed by atoms with van der Waals surface area (Å²) in [6, 6.07) is 4.49. The van der Waals surface area contributed by atoms with E-state index in [4.69, 9.17) is 14.5 Å². The van der Waals surface area contributed by atoms with E-state index in [9.17, 15) is 13.6 Å². The van der Waals surface area contributed by atoms with Crippen molar-refractivity contribution in [3.8, 4) is 0 Å². The Morgan fingerprint density at radius 2 is 2.24 bits per heavy atom. The molecular formula is C25H30F2N4O3. The van der Waals surface area contributed by atoms with E-state index in [1.54, 1.807) is 0 Å². The van der Waals surface area contributed by atoms with Crippen molar-refractivity contribution >= 4 is 11.7 Å². The smallest absolute Gasteiger partial charge is 0.287 e. The van der Waals surface area contributed by atoms with E-state index in [0.717, 1.165) is 38.8 Å². The molecule has 0 bridgehead atoms. The predicted molar refractivity (Wildman–Crippen MR) is 122 cm³/mol. The van der Waals surface area contributed by atoms with Gasteiger partial charge in [-0.3, -0.25) is 9.79 Å². The molecule has 5 atom stereocenters. The van der Waals surface area contributed by atoms with Crippen LogP contribution in [0, 0.1) is 17.8 Å². The second-order valence-electron chi connectivity index (χ2n) is 9.57. The van der Waals surface area contributed by atoms with Crippen LogP contribution in [0.1, 0.15) is 49.8 Å². The lowest BCUT2D eigenvalue weighted by atomic mass is 9.65. The molecule has 34 heavy (non-hydrogen) atoms. The minimum atomic E-state index is -3.13. The molecule has 1 amide bonds. The molecule has 1 aliphatic carbocycles. The lowest BCUT2D eigenvalue weighted by Crippen LogP contribution is -2.53. The van der Waals surface area contributed by atoms with E-state index >= 15 is 0 Å². The highest BCUT2D eigenvalue weighted by Crippen LogP contribution is 2.47. The summed E-state index contributed by atoms with van der Waals surface area (Å²) in [5.74, 6) is -0.730. The first-order valence-electron chi connectivity index (χ1n) is 11.9. The number of hydrogen-bond acceptors (Lipinski definition) is 6. The van der Waals surface area contributed by atoms with Gasteiger partial charge in [-0.25, -0.2) is 4.98 Å². The van der Waals surface area contributed by atoms with Gasteiger partial charge in [0.1, 0.15) is 28.7 Å². The Balaban J connectivity index is 1.34. The first kappa shape index (κ1) is 23.0. The molecule has 1 saturated carbocycles. The first-order chi connectivity index (χ1) is 16.3. The van der Waals surface area contributed by atoms with Gasteiger partial charge in [-0.15, -0.1) is 0 Å². The molecule has 0 spiro atoms. The van der Waals surface area contributed by atoms with Crippen LogP contribution in [0.2, 0.25) is 0 Å². The van der Waals surface area contributed by atoms with Crippen molar-refractivity contribution in [2.75, 3.05) is 19.8 Å². The van der Waals surface area contributed by atoms with Crippen LogP contribution >= 0.6 is 0 Å². The zero-order valence-electron chi connectivity index (χ0n) is 19.6. The number of hydrogen-bond donors (Lipinski definition) is 1. The summed E-state index contributed by atoms with van der Waals surface area (Å²) in [5.41, 5.74) is -0.0501. The van der Waals surface area contributed by atoms with Crippen LogP contribution in [0.5, 0.6) is 0 Å². The van der Waals surface area contributed by atoms with Gasteiger partial charge in [-0.1, -0.05) is 13.0 Å². The number of alkyl halides is 2. The van der Waals surface area contributed by atoms with Gasteiger partial charge >= 0.3 is 0 Å². The number of carbonyl (C=O) groups is 1. The van der Waals surface area contributed by atoms with Crippen LogP contribution in [0.25, 0.3) is 0 Å². The molecule has 0 radical (unpaired) electrons. The van der Waals surface area contributed by atoms with Crippen LogP contribution in [-0.4, -0.2) is 53.5 Å². The average Bonchev–Trinajstić information content (AvgIpc) is 3.41. The molecule has 0 aromatic carbocycles. The number of nitrogens with one attached hydrogen (secondary N) is 1. The number of pyridine rings is 1. The fourth-order valence-corrected chi connectivity index (χ4v) is 5.37. The SMILES string of the molecule is CCOC1=CC2=NC3C([C@H](C)[C@H]4CCOC4)CC3N2C=C1NC(=O)c1cccc(C(C)(F)F)n1. The van der Waals surface area contributed by atoms with Gasteiger partial charge in [-0.05, 0) is 49.7 Å². The Morgan fingerprint density at radius 1 is 1.41 bits per heavy atom. The monoisotopic (exact) mass is 472 g/mol. The fourth-order valence-electron chi connectivity index (χ4n) is 5.37. The van der Waals surface area contributed by atoms with E-state index in [2.05, 4.69) is 22.1 Å². The Labute approximate surface area is 197 Å².